The van der Waals surface area contributed by atoms with E-state index in [9.17, 15) is 8.42 Å². The molecular weight excluding hydrogens is 359 g/mol. The number of sulfone groups is 1. The van der Waals surface area contributed by atoms with Crippen LogP contribution in [-0.4, -0.2) is 18.1 Å². The standard InChI is InChI=1S/C14H21IO2S/c1-11-5-7-12(8-6-11)18(16,17)10-9-13(15)14(2,3)4/h5-8,13H,9-10H2,1-4H3. The van der Waals surface area contributed by atoms with Crippen molar-refractivity contribution in [3.8, 4) is 0 Å². The van der Waals surface area contributed by atoms with Gasteiger partial charge in [0.25, 0.3) is 0 Å². The SMILES string of the molecule is Cc1ccc(S(=O)(=O)CCC(I)C(C)(C)C)cc1. The molecule has 1 aromatic carbocycles. The summed E-state index contributed by atoms with van der Waals surface area (Å²) in [5.41, 5.74) is 1.22. The molecule has 0 heterocycles. The lowest BCUT2D eigenvalue weighted by atomic mass is 9.91. The Morgan fingerprint density at radius 1 is 1.17 bits per heavy atom. The Hall–Kier alpha value is -0.100. The number of benzene rings is 1. The lowest BCUT2D eigenvalue weighted by molar-refractivity contribution is 0.400. The zero-order valence-electron chi connectivity index (χ0n) is 11.4. The van der Waals surface area contributed by atoms with Gasteiger partial charge in [0.1, 0.15) is 0 Å². The number of hydrogen-bond donors (Lipinski definition) is 0. The first-order valence-corrected chi connectivity index (χ1v) is 8.96. The molecule has 0 aliphatic rings. The van der Waals surface area contributed by atoms with Gasteiger partial charge in [0.05, 0.1) is 10.6 Å². The fourth-order valence-electron chi connectivity index (χ4n) is 1.56. The molecule has 0 bridgehead atoms. The molecule has 0 aliphatic carbocycles. The molecular formula is C14H21IO2S. The van der Waals surface area contributed by atoms with Gasteiger partial charge in [-0.05, 0) is 30.9 Å². The van der Waals surface area contributed by atoms with Gasteiger partial charge in [0.2, 0.25) is 0 Å². The van der Waals surface area contributed by atoms with Crippen LogP contribution in [0, 0.1) is 12.3 Å². The minimum atomic E-state index is -3.14. The van der Waals surface area contributed by atoms with Crippen molar-refractivity contribution in [3.63, 3.8) is 0 Å². The van der Waals surface area contributed by atoms with Crippen LogP contribution in [0.3, 0.4) is 0 Å². The highest BCUT2D eigenvalue weighted by molar-refractivity contribution is 14.1. The molecule has 0 saturated carbocycles. The Morgan fingerprint density at radius 3 is 2.11 bits per heavy atom. The smallest absolute Gasteiger partial charge is 0.178 e. The van der Waals surface area contributed by atoms with Crippen LogP contribution in [0.2, 0.25) is 0 Å². The minimum Gasteiger partial charge on any atom is -0.224 e. The molecule has 0 fully saturated rings. The molecule has 2 nitrogen and oxygen atoms in total. The van der Waals surface area contributed by atoms with Gasteiger partial charge in [-0.2, -0.15) is 0 Å². The van der Waals surface area contributed by atoms with E-state index in [-0.39, 0.29) is 11.2 Å². The predicted octanol–water partition coefficient (Wildman–Crippen LogP) is 4.01. The van der Waals surface area contributed by atoms with E-state index < -0.39 is 9.84 Å². The highest BCUT2D eigenvalue weighted by atomic mass is 127. The maximum atomic E-state index is 12.2. The van der Waals surface area contributed by atoms with Crippen molar-refractivity contribution in [3.05, 3.63) is 29.8 Å². The average molecular weight is 380 g/mol. The number of aryl methyl sites for hydroxylation is 1. The van der Waals surface area contributed by atoms with Crippen LogP contribution in [0.5, 0.6) is 0 Å². The van der Waals surface area contributed by atoms with Crippen LogP contribution < -0.4 is 0 Å². The summed E-state index contributed by atoms with van der Waals surface area (Å²) >= 11 is 2.35. The summed E-state index contributed by atoms with van der Waals surface area (Å²) in [6.07, 6.45) is 0.695. The van der Waals surface area contributed by atoms with Crippen molar-refractivity contribution in [2.75, 3.05) is 5.75 Å². The molecule has 0 N–H and O–H groups in total. The third-order valence-electron chi connectivity index (χ3n) is 2.96. The average Bonchev–Trinajstić information content (AvgIpc) is 2.25. The van der Waals surface area contributed by atoms with Crippen LogP contribution in [0.15, 0.2) is 29.2 Å². The normalized spacial score (nSPS) is 14.5. The molecule has 0 radical (unpaired) electrons. The summed E-state index contributed by atoms with van der Waals surface area (Å²) in [7, 11) is -3.14. The summed E-state index contributed by atoms with van der Waals surface area (Å²) in [4.78, 5) is 0.436. The molecule has 0 spiro atoms. The second-order valence-electron chi connectivity index (χ2n) is 5.75. The number of rotatable bonds is 4. The van der Waals surface area contributed by atoms with Gasteiger partial charge in [-0.1, -0.05) is 61.1 Å². The quantitative estimate of drug-likeness (QED) is 0.584. The Kier molecular flexibility index (Phi) is 5.23. The third-order valence-corrected chi connectivity index (χ3v) is 7.21. The third kappa shape index (κ3) is 4.53. The highest BCUT2D eigenvalue weighted by Crippen LogP contribution is 2.30. The first-order valence-electron chi connectivity index (χ1n) is 6.06. The van der Waals surface area contributed by atoms with Crippen LogP contribution in [-0.2, 0) is 9.84 Å². The maximum absolute atomic E-state index is 12.2. The van der Waals surface area contributed by atoms with Gasteiger partial charge in [0, 0.05) is 3.92 Å². The topological polar surface area (TPSA) is 34.1 Å². The molecule has 4 heteroatoms. The Morgan fingerprint density at radius 2 is 1.67 bits per heavy atom. The van der Waals surface area contributed by atoms with Gasteiger partial charge < -0.3 is 0 Å². The van der Waals surface area contributed by atoms with Crippen molar-refractivity contribution < 1.29 is 8.42 Å². The van der Waals surface area contributed by atoms with E-state index in [1.165, 1.54) is 0 Å². The van der Waals surface area contributed by atoms with E-state index in [1.807, 2.05) is 19.1 Å². The Balaban J connectivity index is 2.75. The second-order valence-corrected chi connectivity index (χ2v) is 9.37. The van der Waals surface area contributed by atoms with Crippen molar-refractivity contribution >= 4 is 32.4 Å². The largest absolute Gasteiger partial charge is 0.224 e. The second kappa shape index (κ2) is 5.90. The number of alkyl halides is 1. The monoisotopic (exact) mass is 380 g/mol. The molecule has 1 aromatic rings. The number of halogens is 1. The van der Waals surface area contributed by atoms with Crippen LogP contribution in [0.25, 0.3) is 0 Å². The van der Waals surface area contributed by atoms with E-state index in [1.54, 1.807) is 12.1 Å². The fraction of sp³-hybridized carbons (Fsp3) is 0.571. The van der Waals surface area contributed by atoms with E-state index in [2.05, 4.69) is 43.4 Å². The first-order chi connectivity index (χ1) is 8.13. The van der Waals surface area contributed by atoms with E-state index >= 15 is 0 Å². The maximum Gasteiger partial charge on any atom is 0.178 e. The van der Waals surface area contributed by atoms with Gasteiger partial charge in [-0.15, -0.1) is 0 Å². The van der Waals surface area contributed by atoms with E-state index in [4.69, 9.17) is 0 Å². The summed E-state index contributed by atoms with van der Waals surface area (Å²) in [6.45, 7) is 8.38. The lowest BCUT2D eigenvalue weighted by Gasteiger charge is -2.25. The molecule has 102 valence electrons. The first kappa shape index (κ1) is 16.0. The molecule has 0 aromatic heterocycles. The molecule has 1 rings (SSSR count). The molecule has 1 atom stereocenters. The van der Waals surface area contributed by atoms with Crippen molar-refractivity contribution in [1.82, 2.24) is 0 Å². The Bertz CT molecular complexity index is 484. The summed E-state index contributed by atoms with van der Waals surface area (Å²) in [5.74, 6) is 0.223. The van der Waals surface area contributed by atoms with Gasteiger partial charge in [-0.25, -0.2) is 8.42 Å². The molecule has 0 aliphatic heterocycles. The highest BCUT2D eigenvalue weighted by Gasteiger charge is 2.24. The summed E-state index contributed by atoms with van der Waals surface area (Å²) in [5, 5.41) is 0. The van der Waals surface area contributed by atoms with Crippen LogP contribution >= 0.6 is 22.6 Å². The van der Waals surface area contributed by atoms with Crippen LogP contribution in [0.4, 0.5) is 0 Å². The summed E-state index contributed by atoms with van der Waals surface area (Å²) < 4.78 is 24.7. The van der Waals surface area contributed by atoms with Crippen molar-refractivity contribution in [2.45, 2.75) is 42.9 Å². The van der Waals surface area contributed by atoms with E-state index in [0.717, 1.165) is 5.56 Å². The molecule has 0 saturated heterocycles. The Labute approximate surface area is 124 Å². The fourth-order valence-corrected chi connectivity index (χ4v) is 3.62. The van der Waals surface area contributed by atoms with Crippen LogP contribution in [0.1, 0.15) is 32.8 Å². The van der Waals surface area contributed by atoms with Crippen molar-refractivity contribution in [2.24, 2.45) is 5.41 Å². The molecule has 1 unspecified atom stereocenters. The number of hydrogen-bond acceptors (Lipinski definition) is 2. The molecule has 18 heavy (non-hydrogen) atoms. The van der Waals surface area contributed by atoms with Gasteiger partial charge >= 0.3 is 0 Å². The lowest BCUT2D eigenvalue weighted by Crippen LogP contribution is -2.23. The summed E-state index contributed by atoms with van der Waals surface area (Å²) in [6, 6.07) is 7.09. The van der Waals surface area contributed by atoms with Crippen molar-refractivity contribution in [1.29, 1.82) is 0 Å². The minimum absolute atomic E-state index is 0.142. The zero-order chi connectivity index (χ0) is 14.0. The predicted molar refractivity (Wildman–Crippen MR) is 85.1 cm³/mol. The van der Waals surface area contributed by atoms with E-state index in [0.29, 0.717) is 15.2 Å². The van der Waals surface area contributed by atoms with Gasteiger partial charge in [0.15, 0.2) is 9.84 Å². The zero-order valence-corrected chi connectivity index (χ0v) is 14.4. The molecule has 0 amide bonds. The van der Waals surface area contributed by atoms with Gasteiger partial charge in [-0.3, -0.25) is 0 Å².